The Hall–Kier alpha value is -4.45. The summed E-state index contributed by atoms with van der Waals surface area (Å²) < 4.78 is 83.9. The average Bonchev–Trinajstić information content (AvgIpc) is 4.12. The maximum absolute atomic E-state index is 14.9. The number of aryl methyl sites for hydroxylation is 2. The largest absolute Gasteiger partial charge is 0.483 e. The van der Waals surface area contributed by atoms with E-state index in [1.807, 2.05) is 13.0 Å². The van der Waals surface area contributed by atoms with E-state index < -0.39 is 85.3 Å². The Bertz CT molecular complexity index is 2250. The lowest BCUT2D eigenvalue weighted by Gasteiger charge is -2.37. The monoisotopic (exact) mass is 886 g/mol. The number of alkyl carbamates (subject to hydrolysis) is 1. The number of fused-ring (bicyclic) bond motifs is 5. The van der Waals surface area contributed by atoms with Crippen molar-refractivity contribution < 1.29 is 50.2 Å². The SMILES string of the molecule is Cc1ccc2nc(C(F)(F)F)c3c(c2c1)CC[C@]1(C[C@H]2C(=O)N[C@]4(C(=O)NS(=O)(=O)C5(C)CC5)C[C@H]4/C=C\CCCCC[C@H](NC(=O)OCCCN4CCCCC4)C(=O)N2C1)O3. The third kappa shape index (κ3) is 9.00. The molecule has 4 fully saturated rings. The molecule has 5 atom stereocenters. The van der Waals surface area contributed by atoms with Crippen LogP contribution in [0.2, 0.25) is 0 Å². The van der Waals surface area contributed by atoms with Crippen LogP contribution in [0.25, 0.3) is 10.9 Å². The normalized spacial score (nSPS) is 29.5. The van der Waals surface area contributed by atoms with Crippen LogP contribution in [0.3, 0.4) is 0 Å². The summed E-state index contributed by atoms with van der Waals surface area (Å²) in [5.74, 6) is -3.33. The number of nitrogens with one attached hydrogen (secondary N) is 3. The highest BCUT2D eigenvalue weighted by atomic mass is 32.2. The number of hydrogen-bond acceptors (Lipinski definition) is 10. The number of sulfonamides is 1. The van der Waals surface area contributed by atoms with E-state index in [0.717, 1.165) is 44.5 Å². The van der Waals surface area contributed by atoms with Crippen LogP contribution in [0.5, 0.6) is 5.75 Å². The van der Waals surface area contributed by atoms with Crippen molar-refractivity contribution in [2.45, 2.75) is 144 Å². The Kier molecular flexibility index (Phi) is 12.1. The molecule has 0 bridgehead atoms. The Morgan fingerprint density at radius 1 is 1.05 bits per heavy atom. The standard InChI is InChI=1S/C44H57F3N6O8S/c1-28-14-15-32-31(24-28)30-16-17-42(61-35(30)36(48-32)44(45,46)47)26-34-37(54)50-43(39(56)51-62(58,59)41(2)18-19-41)25-29(43)12-7-4-3-5-8-13-33(38(55)53(34)27-42)49-40(57)60-23-11-22-52-20-9-6-10-21-52/h7,12,14-15,24,29,33-34H,3-6,8-11,13,16-23,25-27H2,1-2H3,(H,49,57)(H,50,54)(H,51,56)/b12-7-/t29-,33+,34+,42-,43-/m1/s1. The van der Waals surface area contributed by atoms with Gasteiger partial charge in [0.15, 0.2) is 11.4 Å². The van der Waals surface area contributed by atoms with Crippen molar-refractivity contribution in [3.63, 3.8) is 0 Å². The van der Waals surface area contributed by atoms with E-state index in [1.54, 1.807) is 25.1 Å². The number of amides is 4. The third-order valence-corrected chi connectivity index (χ3v) is 16.0. The molecule has 4 amide bonds. The summed E-state index contributed by atoms with van der Waals surface area (Å²) in [4.78, 5) is 64.4. The number of likely N-dealkylation sites (tertiary alicyclic amines) is 1. The second-order valence-corrected chi connectivity index (χ2v) is 20.8. The van der Waals surface area contributed by atoms with Gasteiger partial charge in [-0.2, -0.15) is 13.2 Å². The predicted octanol–water partition coefficient (Wildman–Crippen LogP) is 5.59. The quantitative estimate of drug-likeness (QED) is 0.224. The fraction of sp³-hybridized carbons (Fsp3) is 0.659. The summed E-state index contributed by atoms with van der Waals surface area (Å²) in [6, 6.07) is 2.47. The van der Waals surface area contributed by atoms with Crippen LogP contribution in [0.4, 0.5) is 18.0 Å². The molecule has 4 aliphatic heterocycles. The van der Waals surface area contributed by atoms with E-state index >= 15 is 0 Å². The van der Waals surface area contributed by atoms with Gasteiger partial charge in [0.1, 0.15) is 23.2 Å². The number of piperidine rings is 1. The molecule has 5 heterocycles. The second-order valence-electron chi connectivity index (χ2n) is 18.6. The zero-order valence-corrected chi connectivity index (χ0v) is 36.2. The van der Waals surface area contributed by atoms with Gasteiger partial charge in [-0.05, 0) is 110 Å². The molecule has 0 unspecified atom stereocenters. The average molecular weight is 887 g/mol. The van der Waals surface area contributed by atoms with Gasteiger partial charge >= 0.3 is 12.3 Å². The minimum atomic E-state index is -4.90. The maximum Gasteiger partial charge on any atom is 0.437 e. The van der Waals surface area contributed by atoms with Gasteiger partial charge in [-0.3, -0.25) is 19.1 Å². The number of carbonyl (C=O) groups is 4. The van der Waals surface area contributed by atoms with Crippen LogP contribution in [-0.2, 0) is 41.7 Å². The van der Waals surface area contributed by atoms with Gasteiger partial charge in [-0.1, -0.05) is 43.0 Å². The number of nitrogens with zero attached hydrogens (tertiary/aromatic N) is 3. The summed E-state index contributed by atoms with van der Waals surface area (Å²) >= 11 is 0. The van der Waals surface area contributed by atoms with Crippen LogP contribution in [0.15, 0.2) is 30.4 Å². The van der Waals surface area contributed by atoms with E-state index in [1.165, 1.54) is 17.4 Å². The lowest BCUT2D eigenvalue weighted by Crippen LogP contribution is -2.58. The van der Waals surface area contributed by atoms with Gasteiger partial charge in [-0.25, -0.2) is 18.2 Å². The van der Waals surface area contributed by atoms with Crippen molar-refractivity contribution in [2.75, 3.05) is 32.8 Å². The first-order chi connectivity index (χ1) is 29.4. The molecule has 1 aromatic carbocycles. The van der Waals surface area contributed by atoms with Crippen LogP contribution in [0, 0.1) is 12.8 Å². The molecule has 2 aliphatic carbocycles. The third-order valence-electron chi connectivity index (χ3n) is 13.8. The summed E-state index contributed by atoms with van der Waals surface area (Å²) in [5.41, 5.74) is -3.04. The first-order valence-corrected chi connectivity index (χ1v) is 23.6. The molecule has 18 heteroatoms. The van der Waals surface area contributed by atoms with Crippen molar-refractivity contribution in [1.29, 1.82) is 0 Å². The number of aromatic nitrogens is 1. The van der Waals surface area contributed by atoms with Crippen LogP contribution in [0.1, 0.15) is 114 Å². The number of halogens is 3. The number of rotatable bonds is 8. The fourth-order valence-electron chi connectivity index (χ4n) is 9.66. The Labute approximate surface area is 360 Å². The minimum Gasteiger partial charge on any atom is -0.483 e. The first-order valence-electron chi connectivity index (χ1n) is 22.1. The van der Waals surface area contributed by atoms with Crippen LogP contribution in [-0.4, -0.2) is 108 Å². The first kappa shape index (κ1) is 44.2. The van der Waals surface area contributed by atoms with E-state index in [-0.39, 0.29) is 50.8 Å². The summed E-state index contributed by atoms with van der Waals surface area (Å²) in [7, 11) is -4.09. The topological polar surface area (TPSA) is 176 Å². The van der Waals surface area contributed by atoms with E-state index in [4.69, 9.17) is 9.47 Å². The highest BCUT2D eigenvalue weighted by Gasteiger charge is 2.64. The van der Waals surface area contributed by atoms with Gasteiger partial charge < -0.3 is 29.9 Å². The molecule has 3 N–H and O–H groups in total. The fourth-order valence-corrected chi connectivity index (χ4v) is 11.0. The van der Waals surface area contributed by atoms with E-state index in [2.05, 4.69) is 25.2 Å². The van der Waals surface area contributed by atoms with Crippen molar-refractivity contribution in [1.82, 2.24) is 30.1 Å². The maximum atomic E-state index is 14.9. The highest BCUT2D eigenvalue weighted by Crippen LogP contribution is 2.50. The van der Waals surface area contributed by atoms with Gasteiger partial charge in [0.2, 0.25) is 21.8 Å². The van der Waals surface area contributed by atoms with E-state index in [9.17, 15) is 40.8 Å². The minimum absolute atomic E-state index is 0.101. The zero-order chi connectivity index (χ0) is 44.1. The van der Waals surface area contributed by atoms with Crippen molar-refractivity contribution in [2.24, 2.45) is 5.92 Å². The van der Waals surface area contributed by atoms with Crippen LogP contribution >= 0.6 is 0 Å². The molecule has 1 aromatic heterocycles. The molecule has 14 nitrogen and oxygen atoms in total. The van der Waals surface area contributed by atoms with Crippen molar-refractivity contribution >= 4 is 44.7 Å². The van der Waals surface area contributed by atoms with Crippen LogP contribution < -0.4 is 20.1 Å². The van der Waals surface area contributed by atoms with Crippen molar-refractivity contribution in [3.05, 3.63) is 47.2 Å². The van der Waals surface area contributed by atoms with Gasteiger partial charge in [0, 0.05) is 29.8 Å². The zero-order valence-electron chi connectivity index (χ0n) is 35.4. The summed E-state index contributed by atoms with van der Waals surface area (Å²) in [5, 5.41) is 6.07. The Balaban J connectivity index is 1.10. The smallest absolute Gasteiger partial charge is 0.437 e. The number of alkyl halides is 3. The summed E-state index contributed by atoms with van der Waals surface area (Å²) in [6.45, 7) is 5.96. The lowest BCUT2D eigenvalue weighted by molar-refractivity contribution is -0.144. The molecule has 2 aromatic rings. The molecule has 0 radical (unpaired) electrons. The lowest BCUT2D eigenvalue weighted by atomic mass is 9.86. The van der Waals surface area contributed by atoms with Gasteiger partial charge in [0.05, 0.1) is 23.4 Å². The van der Waals surface area contributed by atoms with E-state index in [0.29, 0.717) is 49.5 Å². The number of allylic oxidation sites excluding steroid dienone is 1. The van der Waals surface area contributed by atoms with Gasteiger partial charge in [-0.15, -0.1) is 0 Å². The molecular weight excluding hydrogens is 830 g/mol. The molecular formula is C44H57F3N6O8S. The molecule has 6 aliphatic rings. The molecule has 2 saturated carbocycles. The Morgan fingerprint density at radius 2 is 1.81 bits per heavy atom. The molecule has 62 heavy (non-hydrogen) atoms. The van der Waals surface area contributed by atoms with Gasteiger partial charge in [0.25, 0.3) is 5.91 Å². The number of benzene rings is 1. The number of hydrogen-bond donors (Lipinski definition) is 3. The second kappa shape index (κ2) is 16.9. The number of carbonyl (C=O) groups excluding carboxylic acids is 4. The highest BCUT2D eigenvalue weighted by molar-refractivity contribution is 7.91. The Morgan fingerprint density at radius 3 is 2.55 bits per heavy atom. The molecule has 338 valence electrons. The number of ether oxygens (including phenoxy) is 2. The summed E-state index contributed by atoms with van der Waals surface area (Å²) in [6.07, 6.45) is 5.70. The predicted molar refractivity (Wildman–Crippen MR) is 222 cm³/mol. The molecule has 2 saturated heterocycles. The molecule has 8 rings (SSSR count). The number of pyridine rings is 1. The van der Waals surface area contributed by atoms with Crippen molar-refractivity contribution in [3.8, 4) is 5.75 Å². The molecule has 1 spiro atoms.